The van der Waals surface area contributed by atoms with Crippen LogP contribution in [0.25, 0.3) is 6.08 Å². The van der Waals surface area contributed by atoms with E-state index in [2.05, 4.69) is 10.3 Å². The van der Waals surface area contributed by atoms with E-state index in [-0.39, 0.29) is 10.9 Å². The summed E-state index contributed by atoms with van der Waals surface area (Å²) in [5.74, 6) is -0.709. The number of hydrogen-bond acceptors (Lipinski definition) is 3. The van der Waals surface area contributed by atoms with Crippen LogP contribution in [0, 0.1) is 5.82 Å². The first-order valence-electron chi connectivity index (χ1n) is 6.41. The first-order valence-corrected chi connectivity index (χ1v) is 7.61. The number of amidine groups is 1. The van der Waals surface area contributed by atoms with E-state index in [0.29, 0.717) is 15.8 Å². The zero-order valence-electron chi connectivity index (χ0n) is 11.2. The molecule has 1 saturated heterocycles. The number of nitrogens with zero attached hydrogens (tertiary/aromatic N) is 1. The van der Waals surface area contributed by atoms with Crippen LogP contribution in [-0.4, -0.2) is 11.1 Å². The number of carbonyl (C=O) groups excluding carboxylic acids is 1. The summed E-state index contributed by atoms with van der Waals surface area (Å²) in [6.07, 6.45) is 1.79. The molecular weight excluding hydrogens is 323 g/mol. The minimum absolute atomic E-state index is 0.00350. The fourth-order valence-electron chi connectivity index (χ4n) is 1.85. The third kappa shape index (κ3) is 3.37. The zero-order chi connectivity index (χ0) is 15.5. The molecule has 1 heterocycles. The molecule has 0 aliphatic carbocycles. The van der Waals surface area contributed by atoms with Crippen molar-refractivity contribution >= 4 is 46.2 Å². The molecule has 1 fully saturated rings. The molecule has 0 aromatic heterocycles. The Morgan fingerprint density at radius 1 is 1.18 bits per heavy atom. The number of aliphatic imine (C=N–C) groups is 1. The van der Waals surface area contributed by atoms with Crippen LogP contribution >= 0.6 is 23.4 Å². The summed E-state index contributed by atoms with van der Waals surface area (Å²) < 4.78 is 13.1. The predicted molar refractivity (Wildman–Crippen MR) is 88.7 cm³/mol. The molecule has 0 unspecified atom stereocenters. The molecule has 0 bridgehead atoms. The Balaban J connectivity index is 1.83. The molecule has 0 saturated carbocycles. The normalized spacial score (nSPS) is 18.0. The van der Waals surface area contributed by atoms with Gasteiger partial charge in [-0.1, -0.05) is 41.9 Å². The van der Waals surface area contributed by atoms with Gasteiger partial charge in [-0.15, -0.1) is 0 Å². The Hall–Kier alpha value is -2.11. The first-order chi connectivity index (χ1) is 10.6. The first kappa shape index (κ1) is 14.8. The van der Waals surface area contributed by atoms with Gasteiger partial charge < -0.3 is 5.32 Å². The van der Waals surface area contributed by atoms with Gasteiger partial charge in [-0.05, 0) is 41.6 Å². The van der Waals surface area contributed by atoms with Gasteiger partial charge in [0.25, 0.3) is 5.91 Å². The summed E-state index contributed by atoms with van der Waals surface area (Å²) in [6.45, 7) is 0. The summed E-state index contributed by atoms with van der Waals surface area (Å²) in [7, 11) is 0. The van der Waals surface area contributed by atoms with Crippen molar-refractivity contribution in [2.45, 2.75) is 0 Å². The minimum Gasteiger partial charge on any atom is -0.300 e. The summed E-state index contributed by atoms with van der Waals surface area (Å²) >= 11 is 6.95. The molecule has 1 amide bonds. The largest absolute Gasteiger partial charge is 0.300 e. The molecule has 3 nitrogen and oxygen atoms in total. The van der Waals surface area contributed by atoms with Crippen LogP contribution in [0.5, 0.6) is 0 Å². The van der Waals surface area contributed by atoms with Gasteiger partial charge in [0.2, 0.25) is 0 Å². The minimum atomic E-state index is -0.501. The van der Waals surface area contributed by atoms with E-state index in [0.717, 1.165) is 5.56 Å². The van der Waals surface area contributed by atoms with Crippen molar-refractivity contribution < 1.29 is 9.18 Å². The molecule has 22 heavy (non-hydrogen) atoms. The highest BCUT2D eigenvalue weighted by atomic mass is 35.5. The van der Waals surface area contributed by atoms with Crippen molar-refractivity contribution in [1.29, 1.82) is 0 Å². The number of rotatable bonds is 2. The van der Waals surface area contributed by atoms with Gasteiger partial charge in [-0.2, -0.15) is 0 Å². The van der Waals surface area contributed by atoms with Gasteiger partial charge in [0.15, 0.2) is 5.17 Å². The monoisotopic (exact) mass is 332 g/mol. The number of thioether (sulfide) groups is 1. The quantitative estimate of drug-likeness (QED) is 0.830. The number of amides is 1. The van der Waals surface area contributed by atoms with Crippen molar-refractivity contribution in [1.82, 2.24) is 5.32 Å². The van der Waals surface area contributed by atoms with Gasteiger partial charge in [0, 0.05) is 0 Å². The fraction of sp³-hybridized carbons (Fsp3) is 0. The van der Waals surface area contributed by atoms with Crippen molar-refractivity contribution in [3.05, 3.63) is 69.8 Å². The van der Waals surface area contributed by atoms with Crippen molar-refractivity contribution in [3.8, 4) is 0 Å². The second-order valence-corrected chi connectivity index (χ2v) is 5.93. The van der Waals surface area contributed by atoms with Gasteiger partial charge >= 0.3 is 0 Å². The smallest absolute Gasteiger partial charge is 0.264 e. The highest BCUT2D eigenvalue weighted by Crippen LogP contribution is 2.29. The zero-order valence-corrected chi connectivity index (χ0v) is 12.8. The van der Waals surface area contributed by atoms with Gasteiger partial charge in [0.1, 0.15) is 5.82 Å². The molecular formula is C16H10ClFN2OS. The average Bonchev–Trinajstić information content (AvgIpc) is 2.84. The van der Waals surface area contributed by atoms with Crippen molar-refractivity contribution in [3.63, 3.8) is 0 Å². The highest BCUT2D eigenvalue weighted by molar-refractivity contribution is 8.18. The lowest BCUT2D eigenvalue weighted by Crippen LogP contribution is -2.19. The van der Waals surface area contributed by atoms with Crippen LogP contribution in [0.3, 0.4) is 0 Å². The molecule has 1 aliphatic rings. The van der Waals surface area contributed by atoms with Gasteiger partial charge in [0.05, 0.1) is 15.6 Å². The van der Waals surface area contributed by atoms with Crippen molar-refractivity contribution in [2.24, 2.45) is 4.99 Å². The van der Waals surface area contributed by atoms with E-state index in [1.54, 1.807) is 6.08 Å². The molecule has 1 aliphatic heterocycles. The van der Waals surface area contributed by atoms with Crippen LogP contribution in [0.15, 0.2) is 58.4 Å². The van der Waals surface area contributed by atoms with E-state index in [4.69, 9.17) is 11.6 Å². The molecule has 3 rings (SSSR count). The van der Waals surface area contributed by atoms with E-state index < -0.39 is 5.82 Å². The summed E-state index contributed by atoms with van der Waals surface area (Å²) in [4.78, 5) is 16.7. The summed E-state index contributed by atoms with van der Waals surface area (Å²) in [5, 5.41) is 3.11. The third-order valence-corrected chi connectivity index (χ3v) is 4.08. The molecule has 0 atom stereocenters. The second-order valence-electron chi connectivity index (χ2n) is 4.49. The maximum atomic E-state index is 13.1. The molecule has 110 valence electrons. The predicted octanol–water partition coefficient (Wildman–Crippen LogP) is 4.37. The molecule has 1 N–H and O–H groups in total. The van der Waals surface area contributed by atoms with Crippen LogP contribution in [-0.2, 0) is 4.79 Å². The standard InChI is InChI=1S/C16H10ClFN2OS/c17-12-9-11(6-7-13(12)18)19-16-20-15(21)14(22-16)8-10-4-2-1-3-5-10/h1-9H,(H,19,20,21). The van der Waals surface area contributed by atoms with Crippen LogP contribution in [0.4, 0.5) is 10.1 Å². The third-order valence-electron chi connectivity index (χ3n) is 2.88. The van der Waals surface area contributed by atoms with E-state index in [1.807, 2.05) is 30.3 Å². The molecule has 2 aromatic rings. The highest BCUT2D eigenvalue weighted by Gasteiger charge is 2.23. The fourth-order valence-corrected chi connectivity index (χ4v) is 2.87. The molecule has 0 spiro atoms. The number of benzene rings is 2. The van der Waals surface area contributed by atoms with Gasteiger partial charge in [-0.25, -0.2) is 9.38 Å². The van der Waals surface area contributed by atoms with E-state index >= 15 is 0 Å². The summed E-state index contributed by atoms with van der Waals surface area (Å²) in [6, 6.07) is 13.7. The number of nitrogens with one attached hydrogen (secondary N) is 1. The van der Waals surface area contributed by atoms with Crippen LogP contribution in [0.2, 0.25) is 5.02 Å². The number of carbonyl (C=O) groups is 1. The Bertz CT molecular complexity index is 790. The maximum absolute atomic E-state index is 13.1. The Labute approximate surface area is 135 Å². The number of hydrogen-bond donors (Lipinski definition) is 1. The topological polar surface area (TPSA) is 41.5 Å². The Kier molecular flexibility index (Phi) is 4.27. The average molecular weight is 333 g/mol. The lowest BCUT2D eigenvalue weighted by molar-refractivity contribution is -0.115. The molecule has 0 radical (unpaired) electrons. The van der Waals surface area contributed by atoms with E-state index in [9.17, 15) is 9.18 Å². The lowest BCUT2D eigenvalue weighted by Gasteiger charge is -1.98. The SMILES string of the molecule is O=C1NC(=Nc2ccc(F)c(Cl)c2)SC1=Cc1ccccc1. The van der Waals surface area contributed by atoms with Crippen LogP contribution in [0.1, 0.15) is 5.56 Å². The Morgan fingerprint density at radius 3 is 2.68 bits per heavy atom. The summed E-state index contributed by atoms with van der Waals surface area (Å²) in [5.41, 5.74) is 1.42. The van der Waals surface area contributed by atoms with Gasteiger partial charge in [-0.3, -0.25) is 4.79 Å². The van der Waals surface area contributed by atoms with E-state index in [1.165, 1.54) is 30.0 Å². The van der Waals surface area contributed by atoms with Crippen LogP contribution < -0.4 is 5.32 Å². The molecule has 6 heteroatoms. The molecule has 2 aromatic carbocycles. The Morgan fingerprint density at radius 2 is 1.95 bits per heavy atom. The maximum Gasteiger partial charge on any atom is 0.264 e. The van der Waals surface area contributed by atoms with Crippen molar-refractivity contribution in [2.75, 3.05) is 0 Å². The lowest BCUT2D eigenvalue weighted by atomic mass is 10.2. The second kappa shape index (κ2) is 6.34. The number of halogens is 2.